The standard InChI is InChI=1S/C20H25BrN2O4S/c1-4-12-23(13-5-2)20(24)15-6-11-18(27-3)19(14-15)28(25,26)22-17-9-7-16(21)8-10-17/h6-11,14,22H,4-5,12-13H2,1-3H3. The lowest BCUT2D eigenvalue weighted by Crippen LogP contribution is -2.32. The molecule has 0 aliphatic heterocycles. The van der Waals surface area contributed by atoms with E-state index in [4.69, 9.17) is 4.74 Å². The first-order valence-corrected chi connectivity index (χ1v) is 11.4. The quantitative estimate of drug-likeness (QED) is 0.586. The Kier molecular flexibility index (Phi) is 7.88. The van der Waals surface area contributed by atoms with Crippen LogP contribution in [0.15, 0.2) is 51.8 Å². The third-order valence-electron chi connectivity index (χ3n) is 4.07. The summed E-state index contributed by atoms with van der Waals surface area (Å²) < 4.78 is 34.5. The molecule has 0 fully saturated rings. The maximum absolute atomic E-state index is 12.9. The third kappa shape index (κ3) is 5.48. The Bertz CT molecular complexity index is 908. The van der Waals surface area contributed by atoms with Crippen molar-refractivity contribution in [3.8, 4) is 5.75 Å². The van der Waals surface area contributed by atoms with Crippen molar-refractivity contribution in [3.05, 3.63) is 52.5 Å². The molecule has 0 radical (unpaired) electrons. The van der Waals surface area contributed by atoms with Gasteiger partial charge < -0.3 is 9.64 Å². The molecule has 0 aliphatic carbocycles. The number of sulfonamides is 1. The number of ether oxygens (including phenoxy) is 1. The molecule has 6 nitrogen and oxygen atoms in total. The number of amides is 1. The van der Waals surface area contributed by atoms with Crippen molar-refractivity contribution < 1.29 is 17.9 Å². The monoisotopic (exact) mass is 468 g/mol. The molecule has 0 saturated heterocycles. The fourth-order valence-electron chi connectivity index (χ4n) is 2.79. The van der Waals surface area contributed by atoms with E-state index in [2.05, 4.69) is 20.7 Å². The van der Waals surface area contributed by atoms with E-state index in [1.807, 2.05) is 13.8 Å². The maximum atomic E-state index is 12.9. The number of carbonyl (C=O) groups excluding carboxylic acids is 1. The summed E-state index contributed by atoms with van der Waals surface area (Å²) in [6.45, 7) is 5.25. The molecular weight excluding hydrogens is 444 g/mol. The van der Waals surface area contributed by atoms with Crippen molar-refractivity contribution in [1.29, 1.82) is 0 Å². The number of hydrogen-bond acceptors (Lipinski definition) is 4. The molecule has 0 unspecified atom stereocenters. The highest BCUT2D eigenvalue weighted by molar-refractivity contribution is 9.10. The van der Waals surface area contributed by atoms with E-state index >= 15 is 0 Å². The van der Waals surface area contributed by atoms with Crippen LogP contribution in [0, 0.1) is 0 Å². The van der Waals surface area contributed by atoms with Crippen LogP contribution in [0.3, 0.4) is 0 Å². The number of benzene rings is 2. The fourth-order valence-corrected chi connectivity index (χ4v) is 4.30. The van der Waals surface area contributed by atoms with Crippen molar-refractivity contribution in [3.63, 3.8) is 0 Å². The topological polar surface area (TPSA) is 75.7 Å². The first kappa shape index (κ1) is 22.2. The predicted molar refractivity (Wildman–Crippen MR) is 114 cm³/mol. The molecule has 1 amide bonds. The van der Waals surface area contributed by atoms with Gasteiger partial charge >= 0.3 is 0 Å². The van der Waals surface area contributed by atoms with Gasteiger partial charge in [0.15, 0.2) is 0 Å². The van der Waals surface area contributed by atoms with Gasteiger partial charge in [0.25, 0.3) is 15.9 Å². The van der Waals surface area contributed by atoms with Gasteiger partial charge in [0.05, 0.1) is 7.11 Å². The number of halogens is 1. The molecule has 0 atom stereocenters. The Hall–Kier alpha value is -2.06. The molecular formula is C20H25BrN2O4S. The zero-order valence-corrected chi connectivity index (χ0v) is 18.6. The second-order valence-corrected chi connectivity index (χ2v) is 8.84. The molecule has 152 valence electrons. The van der Waals surface area contributed by atoms with Crippen LogP contribution >= 0.6 is 15.9 Å². The number of carbonyl (C=O) groups is 1. The Morgan fingerprint density at radius 3 is 2.21 bits per heavy atom. The van der Waals surface area contributed by atoms with Gasteiger partial charge in [-0.3, -0.25) is 9.52 Å². The van der Waals surface area contributed by atoms with Crippen molar-refractivity contribution in [1.82, 2.24) is 4.90 Å². The minimum Gasteiger partial charge on any atom is -0.495 e. The van der Waals surface area contributed by atoms with Gasteiger partial charge in [0.2, 0.25) is 0 Å². The average molecular weight is 469 g/mol. The van der Waals surface area contributed by atoms with Crippen LogP contribution in [-0.2, 0) is 10.0 Å². The predicted octanol–water partition coefficient (Wildman–Crippen LogP) is 4.52. The van der Waals surface area contributed by atoms with Gasteiger partial charge in [-0.25, -0.2) is 8.42 Å². The molecule has 0 heterocycles. The van der Waals surface area contributed by atoms with Gasteiger partial charge in [0, 0.05) is 28.8 Å². The Morgan fingerprint density at radius 2 is 1.68 bits per heavy atom. The van der Waals surface area contributed by atoms with Crippen LogP contribution < -0.4 is 9.46 Å². The number of methoxy groups -OCH3 is 1. The minimum atomic E-state index is -3.94. The summed E-state index contributed by atoms with van der Waals surface area (Å²) in [4.78, 5) is 14.5. The largest absolute Gasteiger partial charge is 0.495 e. The number of anilines is 1. The van der Waals surface area contributed by atoms with E-state index in [0.29, 0.717) is 24.3 Å². The number of nitrogens with one attached hydrogen (secondary N) is 1. The average Bonchev–Trinajstić information content (AvgIpc) is 2.68. The first-order chi connectivity index (χ1) is 13.3. The number of rotatable bonds is 9. The molecule has 2 aromatic carbocycles. The smallest absolute Gasteiger partial charge is 0.265 e. The van der Waals surface area contributed by atoms with Gasteiger partial charge in [-0.05, 0) is 55.3 Å². The highest BCUT2D eigenvalue weighted by Gasteiger charge is 2.23. The minimum absolute atomic E-state index is 0.0725. The third-order valence-corrected chi connectivity index (χ3v) is 6.00. The SMILES string of the molecule is CCCN(CCC)C(=O)c1ccc(OC)c(S(=O)(=O)Nc2ccc(Br)cc2)c1. The van der Waals surface area contributed by atoms with E-state index in [9.17, 15) is 13.2 Å². The number of nitrogens with zero attached hydrogens (tertiary/aromatic N) is 1. The number of hydrogen-bond donors (Lipinski definition) is 1. The lowest BCUT2D eigenvalue weighted by atomic mass is 10.1. The van der Waals surface area contributed by atoms with Crippen molar-refractivity contribution in [2.45, 2.75) is 31.6 Å². The van der Waals surface area contributed by atoms with Crippen LogP contribution in [0.4, 0.5) is 5.69 Å². The van der Waals surface area contributed by atoms with E-state index in [0.717, 1.165) is 17.3 Å². The Balaban J connectivity index is 2.40. The van der Waals surface area contributed by atoms with Crippen LogP contribution in [0.1, 0.15) is 37.0 Å². The van der Waals surface area contributed by atoms with Gasteiger partial charge in [-0.1, -0.05) is 29.8 Å². The van der Waals surface area contributed by atoms with E-state index in [1.165, 1.54) is 19.2 Å². The van der Waals surface area contributed by atoms with E-state index in [1.54, 1.807) is 35.2 Å². The lowest BCUT2D eigenvalue weighted by molar-refractivity contribution is 0.0755. The molecule has 1 N–H and O–H groups in total. The molecule has 0 aliphatic rings. The van der Waals surface area contributed by atoms with Crippen molar-refractivity contribution in [2.75, 3.05) is 24.9 Å². The van der Waals surface area contributed by atoms with Crippen LogP contribution in [0.2, 0.25) is 0 Å². The van der Waals surface area contributed by atoms with Crippen LogP contribution in [-0.4, -0.2) is 39.4 Å². The van der Waals surface area contributed by atoms with Crippen molar-refractivity contribution >= 4 is 37.5 Å². The highest BCUT2D eigenvalue weighted by Crippen LogP contribution is 2.28. The summed E-state index contributed by atoms with van der Waals surface area (Å²) in [7, 11) is -2.54. The fraction of sp³-hybridized carbons (Fsp3) is 0.350. The van der Waals surface area contributed by atoms with Crippen LogP contribution in [0.5, 0.6) is 5.75 Å². The molecule has 28 heavy (non-hydrogen) atoms. The first-order valence-electron chi connectivity index (χ1n) is 9.08. The molecule has 2 rings (SSSR count). The zero-order chi connectivity index (χ0) is 20.7. The second-order valence-electron chi connectivity index (χ2n) is 6.27. The summed E-state index contributed by atoms with van der Waals surface area (Å²) >= 11 is 3.32. The molecule has 0 aromatic heterocycles. The lowest BCUT2D eigenvalue weighted by Gasteiger charge is -2.22. The van der Waals surface area contributed by atoms with Gasteiger partial charge in [-0.2, -0.15) is 0 Å². The summed E-state index contributed by atoms with van der Waals surface area (Å²) in [5, 5.41) is 0. The molecule has 0 spiro atoms. The summed E-state index contributed by atoms with van der Waals surface area (Å²) in [5.74, 6) is -0.00913. The summed E-state index contributed by atoms with van der Waals surface area (Å²) in [6.07, 6.45) is 1.66. The van der Waals surface area contributed by atoms with Gasteiger partial charge in [0.1, 0.15) is 10.6 Å². The van der Waals surface area contributed by atoms with Crippen molar-refractivity contribution in [2.24, 2.45) is 0 Å². The second kappa shape index (κ2) is 9.93. The highest BCUT2D eigenvalue weighted by atomic mass is 79.9. The molecule has 2 aromatic rings. The Morgan fingerprint density at radius 1 is 1.07 bits per heavy atom. The van der Waals surface area contributed by atoms with E-state index in [-0.39, 0.29) is 16.6 Å². The molecule has 0 bridgehead atoms. The zero-order valence-electron chi connectivity index (χ0n) is 16.2. The molecule has 8 heteroatoms. The summed E-state index contributed by atoms with van der Waals surface area (Å²) in [5.41, 5.74) is 0.736. The Labute approximate surface area is 175 Å². The normalized spacial score (nSPS) is 11.1. The maximum Gasteiger partial charge on any atom is 0.265 e. The van der Waals surface area contributed by atoms with Crippen LogP contribution in [0.25, 0.3) is 0 Å². The van der Waals surface area contributed by atoms with Gasteiger partial charge in [-0.15, -0.1) is 0 Å². The molecule has 0 saturated carbocycles. The summed E-state index contributed by atoms with van der Waals surface area (Å²) in [6, 6.07) is 11.3. The van der Waals surface area contributed by atoms with E-state index < -0.39 is 10.0 Å².